The van der Waals surface area contributed by atoms with Crippen LogP contribution >= 0.6 is 11.6 Å². The van der Waals surface area contributed by atoms with Crippen molar-refractivity contribution >= 4 is 17.5 Å². The molecule has 1 atom stereocenters. The number of ether oxygens (including phenoxy) is 2. The number of hydrogen-bond donors (Lipinski definition) is 1. The zero-order valence-electron chi connectivity index (χ0n) is 14.8. The van der Waals surface area contributed by atoms with Gasteiger partial charge in [0.15, 0.2) is 0 Å². The molecular weight excluding hydrogens is 352 g/mol. The van der Waals surface area contributed by atoms with Gasteiger partial charge in [0.05, 0.1) is 26.4 Å². The monoisotopic (exact) mass is 374 g/mol. The third-order valence-corrected chi connectivity index (χ3v) is 4.74. The van der Waals surface area contributed by atoms with E-state index < -0.39 is 0 Å². The Labute approximate surface area is 158 Å². The Kier molecular flexibility index (Phi) is 6.50. The van der Waals surface area contributed by atoms with Crippen LogP contribution in [0.3, 0.4) is 0 Å². The first-order valence-electron chi connectivity index (χ1n) is 8.67. The molecule has 0 spiro atoms. The SMILES string of the molecule is COc1cccc([C@H](CNC(=O)c2cccc(Cl)c2)N2CCOCC2)c1. The fourth-order valence-electron chi connectivity index (χ4n) is 3.12. The molecule has 1 aliphatic heterocycles. The molecule has 0 radical (unpaired) electrons. The van der Waals surface area contributed by atoms with Gasteiger partial charge in [0, 0.05) is 30.2 Å². The van der Waals surface area contributed by atoms with E-state index in [0.717, 1.165) is 24.4 Å². The quantitative estimate of drug-likeness (QED) is 0.843. The van der Waals surface area contributed by atoms with Crippen molar-refractivity contribution in [3.8, 4) is 5.75 Å². The van der Waals surface area contributed by atoms with Gasteiger partial charge in [-0.05, 0) is 35.9 Å². The smallest absolute Gasteiger partial charge is 0.251 e. The molecule has 0 unspecified atom stereocenters. The number of morpholine rings is 1. The standard InChI is InChI=1S/C20H23ClN2O3/c1-25-18-7-3-4-15(13-18)19(23-8-10-26-11-9-23)14-22-20(24)16-5-2-6-17(21)12-16/h2-7,12-13,19H,8-11,14H2,1H3,(H,22,24)/t19-/m0/s1. The van der Waals surface area contributed by atoms with Crippen molar-refractivity contribution in [1.29, 1.82) is 0 Å². The fourth-order valence-corrected chi connectivity index (χ4v) is 3.31. The maximum absolute atomic E-state index is 12.5. The van der Waals surface area contributed by atoms with Gasteiger partial charge in [-0.15, -0.1) is 0 Å². The van der Waals surface area contributed by atoms with Gasteiger partial charge in [0.25, 0.3) is 5.91 Å². The Morgan fingerprint density at radius 3 is 2.73 bits per heavy atom. The van der Waals surface area contributed by atoms with Gasteiger partial charge in [-0.2, -0.15) is 0 Å². The van der Waals surface area contributed by atoms with Crippen molar-refractivity contribution in [3.63, 3.8) is 0 Å². The molecule has 138 valence electrons. The second-order valence-corrected chi connectivity index (χ2v) is 6.60. The Morgan fingerprint density at radius 1 is 1.23 bits per heavy atom. The van der Waals surface area contributed by atoms with Crippen LogP contribution in [0.5, 0.6) is 5.75 Å². The van der Waals surface area contributed by atoms with Crippen molar-refractivity contribution in [2.45, 2.75) is 6.04 Å². The Balaban J connectivity index is 1.75. The summed E-state index contributed by atoms with van der Waals surface area (Å²) >= 11 is 5.99. The predicted molar refractivity (Wildman–Crippen MR) is 102 cm³/mol. The number of nitrogens with one attached hydrogen (secondary N) is 1. The summed E-state index contributed by atoms with van der Waals surface area (Å²) < 4.78 is 10.8. The molecule has 5 nitrogen and oxygen atoms in total. The number of amides is 1. The zero-order valence-corrected chi connectivity index (χ0v) is 15.5. The Morgan fingerprint density at radius 2 is 2.00 bits per heavy atom. The van der Waals surface area contributed by atoms with Gasteiger partial charge in [-0.25, -0.2) is 0 Å². The number of rotatable bonds is 6. The van der Waals surface area contributed by atoms with Crippen LogP contribution in [0.4, 0.5) is 0 Å². The lowest BCUT2D eigenvalue weighted by molar-refractivity contribution is 0.0162. The third-order valence-electron chi connectivity index (χ3n) is 4.51. The van der Waals surface area contributed by atoms with Crippen molar-refractivity contribution in [1.82, 2.24) is 10.2 Å². The molecule has 0 bridgehead atoms. The summed E-state index contributed by atoms with van der Waals surface area (Å²) in [5, 5.41) is 3.59. The van der Waals surface area contributed by atoms with Crippen LogP contribution in [0.15, 0.2) is 48.5 Å². The highest BCUT2D eigenvalue weighted by molar-refractivity contribution is 6.30. The Bertz CT molecular complexity index is 747. The minimum Gasteiger partial charge on any atom is -0.497 e. The van der Waals surface area contributed by atoms with Crippen LogP contribution < -0.4 is 10.1 Å². The molecule has 0 aliphatic carbocycles. The molecule has 1 saturated heterocycles. The summed E-state index contributed by atoms with van der Waals surface area (Å²) in [7, 11) is 1.66. The van der Waals surface area contributed by atoms with Crippen LogP contribution in [0.25, 0.3) is 0 Å². The second kappa shape index (κ2) is 9.03. The van der Waals surface area contributed by atoms with Crippen molar-refractivity contribution in [3.05, 3.63) is 64.7 Å². The van der Waals surface area contributed by atoms with Gasteiger partial charge < -0.3 is 14.8 Å². The van der Waals surface area contributed by atoms with E-state index in [1.807, 2.05) is 18.2 Å². The number of halogens is 1. The van der Waals surface area contributed by atoms with E-state index in [1.165, 1.54) is 0 Å². The zero-order chi connectivity index (χ0) is 18.4. The normalized spacial score (nSPS) is 16.1. The molecule has 1 heterocycles. The molecule has 3 rings (SSSR count). The average Bonchev–Trinajstić information content (AvgIpc) is 2.69. The van der Waals surface area contributed by atoms with E-state index in [1.54, 1.807) is 31.4 Å². The molecule has 1 aliphatic rings. The number of carbonyl (C=O) groups is 1. The van der Waals surface area contributed by atoms with Crippen molar-refractivity contribution in [2.75, 3.05) is 40.0 Å². The van der Waals surface area contributed by atoms with Crippen molar-refractivity contribution in [2.24, 2.45) is 0 Å². The summed E-state index contributed by atoms with van der Waals surface area (Å²) in [6.45, 7) is 3.55. The molecule has 2 aromatic carbocycles. The highest BCUT2D eigenvalue weighted by Crippen LogP contribution is 2.25. The lowest BCUT2D eigenvalue weighted by Crippen LogP contribution is -2.43. The molecule has 0 saturated carbocycles. The van der Waals surface area contributed by atoms with Gasteiger partial charge in [-0.3, -0.25) is 9.69 Å². The van der Waals surface area contributed by atoms with Crippen LogP contribution in [-0.2, 0) is 4.74 Å². The maximum Gasteiger partial charge on any atom is 0.251 e. The molecule has 26 heavy (non-hydrogen) atoms. The molecule has 0 aromatic heterocycles. The minimum atomic E-state index is -0.131. The van der Waals surface area contributed by atoms with E-state index >= 15 is 0 Å². The first kappa shape index (κ1) is 18.7. The number of methoxy groups -OCH3 is 1. The van der Waals surface area contributed by atoms with Gasteiger partial charge >= 0.3 is 0 Å². The van der Waals surface area contributed by atoms with Crippen molar-refractivity contribution < 1.29 is 14.3 Å². The first-order valence-corrected chi connectivity index (χ1v) is 9.04. The Hall–Kier alpha value is -2.08. The number of benzene rings is 2. The summed E-state index contributed by atoms with van der Waals surface area (Å²) in [4.78, 5) is 14.8. The second-order valence-electron chi connectivity index (χ2n) is 6.16. The topological polar surface area (TPSA) is 50.8 Å². The third kappa shape index (κ3) is 4.75. The lowest BCUT2D eigenvalue weighted by Gasteiger charge is -2.35. The van der Waals surface area contributed by atoms with Gasteiger partial charge in [0.2, 0.25) is 0 Å². The average molecular weight is 375 g/mol. The van der Waals surface area contributed by atoms with E-state index in [0.29, 0.717) is 30.3 Å². The van der Waals surface area contributed by atoms with E-state index in [2.05, 4.69) is 16.3 Å². The summed E-state index contributed by atoms with van der Waals surface area (Å²) in [5.41, 5.74) is 1.67. The lowest BCUT2D eigenvalue weighted by atomic mass is 10.0. The molecule has 2 aromatic rings. The first-order chi connectivity index (χ1) is 12.7. The molecular formula is C20H23ClN2O3. The molecule has 1 amide bonds. The maximum atomic E-state index is 12.5. The van der Waals surface area contributed by atoms with Crippen LogP contribution in [0.2, 0.25) is 5.02 Å². The van der Waals surface area contributed by atoms with Crippen LogP contribution in [0.1, 0.15) is 22.0 Å². The van der Waals surface area contributed by atoms with Gasteiger partial charge in [-0.1, -0.05) is 29.8 Å². The summed E-state index contributed by atoms with van der Waals surface area (Å²) in [5.74, 6) is 0.676. The van der Waals surface area contributed by atoms with Crippen LogP contribution in [0, 0.1) is 0 Å². The predicted octanol–water partition coefficient (Wildman–Crippen LogP) is 3.15. The van der Waals surface area contributed by atoms with E-state index in [9.17, 15) is 4.79 Å². The molecule has 1 N–H and O–H groups in total. The van der Waals surface area contributed by atoms with Gasteiger partial charge in [0.1, 0.15) is 5.75 Å². The molecule has 6 heteroatoms. The molecule has 1 fully saturated rings. The highest BCUT2D eigenvalue weighted by atomic mass is 35.5. The van der Waals surface area contributed by atoms with Crippen LogP contribution in [-0.4, -0.2) is 50.8 Å². The minimum absolute atomic E-state index is 0.0529. The summed E-state index contributed by atoms with van der Waals surface area (Å²) in [6, 6.07) is 15.0. The number of carbonyl (C=O) groups excluding carboxylic acids is 1. The largest absolute Gasteiger partial charge is 0.497 e. The number of hydrogen-bond acceptors (Lipinski definition) is 4. The summed E-state index contributed by atoms with van der Waals surface area (Å²) in [6.07, 6.45) is 0. The number of nitrogens with zero attached hydrogens (tertiary/aromatic N) is 1. The van der Waals surface area contributed by atoms with E-state index in [-0.39, 0.29) is 11.9 Å². The fraction of sp³-hybridized carbons (Fsp3) is 0.350. The highest BCUT2D eigenvalue weighted by Gasteiger charge is 2.23. The van der Waals surface area contributed by atoms with E-state index in [4.69, 9.17) is 21.1 Å².